The van der Waals surface area contributed by atoms with Gasteiger partial charge in [-0.3, -0.25) is 4.57 Å². The van der Waals surface area contributed by atoms with Crippen LogP contribution in [0.3, 0.4) is 0 Å². The van der Waals surface area contributed by atoms with Gasteiger partial charge in [0.05, 0.1) is 0 Å². The molecule has 0 bridgehead atoms. The summed E-state index contributed by atoms with van der Waals surface area (Å²) in [6.07, 6.45) is 0. The molecule has 0 N–H and O–H groups in total. The van der Waals surface area contributed by atoms with Gasteiger partial charge in [0, 0.05) is 37.8 Å². The van der Waals surface area contributed by atoms with Crippen molar-refractivity contribution in [1.29, 1.82) is 0 Å². The average molecular weight is 345 g/mol. The molecule has 0 aliphatic carbocycles. The third-order valence-corrected chi connectivity index (χ3v) is 0.916. The third kappa shape index (κ3) is 11.1. The molecule has 0 radical (unpaired) electrons. The van der Waals surface area contributed by atoms with Gasteiger partial charge in [-0.2, -0.15) is 0 Å². The second kappa shape index (κ2) is 7.24. The number of hydrogen-bond donors (Lipinski definition) is 0. The SMILES string of the molecule is [CH2-]CO[PH](C)=O.[U]. The zero-order valence-corrected chi connectivity index (χ0v) is 9.39. The van der Waals surface area contributed by atoms with Crippen molar-refractivity contribution in [1.82, 2.24) is 0 Å². The molecule has 7 heavy (non-hydrogen) atoms. The zero-order valence-electron chi connectivity index (χ0n) is 4.23. The van der Waals surface area contributed by atoms with Crippen LogP contribution < -0.4 is 0 Å². The van der Waals surface area contributed by atoms with Gasteiger partial charge in [0.1, 0.15) is 0 Å². The Morgan fingerprint density at radius 3 is 2.29 bits per heavy atom. The van der Waals surface area contributed by atoms with Crippen molar-refractivity contribution in [2.24, 2.45) is 0 Å². The second-order valence-electron chi connectivity index (χ2n) is 0.840. The first-order chi connectivity index (χ1) is 2.77. The largest absolute Gasteiger partial charge is 0.364 e. The summed E-state index contributed by atoms with van der Waals surface area (Å²) in [6.45, 7) is 5.18. The van der Waals surface area contributed by atoms with E-state index < -0.39 is 8.03 Å². The summed E-state index contributed by atoms with van der Waals surface area (Å²) in [5.41, 5.74) is 0. The van der Waals surface area contributed by atoms with E-state index in [1.165, 1.54) is 6.66 Å². The van der Waals surface area contributed by atoms with Gasteiger partial charge < -0.3 is 11.4 Å². The van der Waals surface area contributed by atoms with Crippen LogP contribution >= 0.6 is 8.03 Å². The van der Waals surface area contributed by atoms with Crippen LogP contribution in [-0.4, -0.2) is 13.3 Å². The molecular formula is C3H8O2PU-. The van der Waals surface area contributed by atoms with E-state index in [0.29, 0.717) is 6.61 Å². The van der Waals surface area contributed by atoms with Gasteiger partial charge in [0.2, 0.25) is 0 Å². The van der Waals surface area contributed by atoms with E-state index in [1.807, 2.05) is 0 Å². The van der Waals surface area contributed by atoms with E-state index in [4.69, 9.17) is 0 Å². The van der Waals surface area contributed by atoms with Gasteiger partial charge in [-0.1, -0.05) is 6.61 Å². The Hall–Kier alpha value is 1.24. The van der Waals surface area contributed by atoms with E-state index in [0.717, 1.165) is 0 Å². The Morgan fingerprint density at radius 2 is 2.29 bits per heavy atom. The minimum atomic E-state index is -1.70. The fourth-order valence-electron chi connectivity index (χ4n) is 0.144. The number of rotatable bonds is 2. The maximum atomic E-state index is 9.97. The molecule has 42 valence electrons. The van der Waals surface area contributed by atoms with Gasteiger partial charge in [0.15, 0.2) is 8.03 Å². The van der Waals surface area contributed by atoms with Crippen molar-refractivity contribution in [3.63, 3.8) is 0 Å². The van der Waals surface area contributed by atoms with E-state index >= 15 is 0 Å². The predicted molar refractivity (Wildman–Crippen MR) is 26.2 cm³/mol. The van der Waals surface area contributed by atoms with Crippen molar-refractivity contribution in [3.8, 4) is 0 Å². The summed E-state index contributed by atoms with van der Waals surface area (Å²) in [6, 6.07) is 0. The van der Waals surface area contributed by atoms with Crippen LogP contribution in [0, 0.1) is 38.0 Å². The molecule has 1 unspecified atom stereocenters. The molecule has 0 heterocycles. The van der Waals surface area contributed by atoms with Gasteiger partial charge in [-0.25, -0.2) is 0 Å². The molecule has 0 saturated heterocycles. The maximum absolute atomic E-state index is 9.97. The fourth-order valence-corrected chi connectivity index (χ4v) is 0.431. The molecule has 0 spiro atoms. The van der Waals surface area contributed by atoms with E-state index in [1.54, 1.807) is 0 Å². The smallest absolute Gasteiger partial charge is 0.186 e. The van der Waals surface area contributed by atoms with Crippen molar-refractivity contribution >= 4 is 8.03 Å². The first-order valence-electron chi connectivity index (χ1n) is 1.70. The molecule has 0 fully saturated rings. The van der Waals surface area contributed by atoms with E-state index in [-0.39, 0.29) is 31.1 Å². The molecule has 0 aromatic carbocycles. The van der Waals surface area contributed by atoms with Crippen LogP contribution in [0.25, 0.3) is 0 Å². The molecule has 0 aromatic rings. The van der Waals surface area contributed by atoms with Gasteiger partial charge in [-0.15, -0.1) is 0 Å². The summed E-state index contributed by atoms with van der Waals surface area (Å²) < 4.78 is 14.4. The third-order valence-electron chi connectivity index (χ3n) is 0.305. The van der Waals surface area contributed by atoms with Crippen LogP contribution in [0.2, 0.25) is 0 Å². The molecule has 0 aromatic heterocycles. The molecule has 0 rings (SSSR count). The standard InChI is InChI=1S/C3H8O2P.U/c1-3-5-6(2)4;/h6H,1,3H2,2H3;/q-1;. The van der Waals surface area contributed by atoms with Gasteiger partial charge >= 0.3 is 0 Å². The van der Waals surface area contributed by atoms with Gasteiger partial charge in [0.25, 0.3) is 0 Å². The molecule has 0 aliphatic heterocycles. The second-order valence-corrected chi connectivity index (χ2v) is 2.11. The fraction of sp³-hybridized carbons (Fsp3) is 0.667. The van der Waals surface area contributed by atoms with Crippen molar-refractivity contribution < 1.29 is 40.2 Å². The summed E-state index contributed by atoms with van der Waals surface area (Å²) >= 11 is 0. The Bertz CT molecular complexity index is 56.9. The summed E-state index contributed by atoms with van der Waals surface area (Å²) in [7, 11) is -1.70. The van der Waals surface area contributed by atoms with Crippen LogP contribution in [-0.2, 0) is 9.09 Å². The summed E-state index contributed by atoms with van der Waals surface area (Å²) in [5, 5.41) is 0. The van der Waals surface area contributed by atoms with Crippen LogP contribution in [0.1, 0.15) is 0 Å². The molecule has 0 aliphatic rings. The van der Waals surface area contributed by atoms with Gasteiger partial charge in [-0.05, 0) is 0 Å². The first kappa shape index (κ1) is 11.1. The Morgan fingerprint density at radius 1 is 1.86 bits per heavy atom. The van der Waals surface area contributed by atoms with Crippen LogP contribution in [0.5, 0.6) is 0 Å². The Balaban J connectivity index is 0. The zero-order chi connectivity index (χ0) is 4.99. The van der Waals surface area contributed by atoms with E-state index in [9.17, 15) is 4.57 Å². The molecule has 1 atom stereocenters. The molecule has 0 saturated carbocycles. The predicted octanol–water partition coefficient (Wildman–Crippen LogP) is 0.942. The topological polar surface area (TPSA) is 26.3 Å². The molecular weight excluding hydrogens is 337 g/mol. The Labute approximate surface area is 68.3 Å². The quantitative estimate of drug-likeness (QED) is 0.550. The molecule has 4 heteroatoms. The summed E-state index contributed by atoms with van der Waals surface area (Å²) in [5.74, 6) is 0. The minimum Gasteiger partial charge on any atom is -0.364 e. The molecule has 0 amide bonds. The van der Waals surface area contributed by atoms with Crippen LogP contribution in [0.15, 0.2) is 0 Å². The maximum Gasteiger partial charge on any atom is 0.186 e. The summed E-state index contributed by atoms with van der Waals surface area (Å²) in [4.78, 5) is 0. The van der Waals surface area contributed by atoms with Crippen LogP contribution in [0.4, 0.5) is 0 Å². The van der Waals surface area contributed by atoms with Crippen molar-refractivity contribution in [2.45, 2.75) is 0 Å². The van der Waals surface area contributed by atoms with Crippen molar-refractivity contribution in [2.75, 3.05) is 13.3 Å². The average Bonchev–Trinajstić information content (AvgIpc) is 1.35. The minimum absolute atomic E-state index is 0. The molecule has 2 nitrogen and oxygen atoms in total. The normalized spacial score (nSPS) is 12.3. The number of hydrogen-bond acceptors (Lipinski definition) is 2. The van der Waals surface area contributed by atoms with E-state index in [2.05, 4.69) is 11.4 Å². The first-order valence-corrected chi connectivity index (χ1v) is 3.51. The van der Waals surface area contributed by atoms with Crippen molar-refractivity contribution in [3.05, 3.63) is 6.92 Å². The monoisotopic (exact) mass is 345 g/mol. The Kier molecular flexibility index (Phi) is 11.5.